The third-order valence-corrected chi connectivity index (χ3v) is 10.8. The lowest BCUT2D eigenvalue weighted by Crippen LogP contribution is -2.75. The number of rotatable bonds is 0. The molecule has 3 rings (SSSR count). The second kappa shape index (κ2) is 5.92. The molecule has 0 radical (unpaired) electrons. The van der Waals surface area contributed by atoms with E-state index in [-0.39, 0.29) is 11.3 Å². The smallest absolute Gasteiger partial charge is 0.200 e. The van der Waals surface area contributed by atoms with Gasteiger partial charge in [-0.2, -0.15) is 0 Å². The fraction of sp³-hybridized carbons (Fsp3) is 0.429. The Morgan fingerprint density at radius 1 is 0.840 bits per heavy atom. The summed E-state index contributed by atoms with van der Waals surface area (Å²) >= 11 is 57.2. The minimum atomic E-state index is -2.56. The van der Waals surface area contributed by atoms with Gasteiger partial charge in [-0.25, -0.2) is 0 Å². The van der Waals surface area contributed by atoms with Crippen molar-refractivity contribution in [3.63, 3.8) is 0 Å². The van der Waals surface area contributed by atoms with Gasteiger partial charge in [-0.15, -0.1) is 23.2 Å². The topological polar surface area (TPSA) is 40.5 Å². The fourth-order valence-electron chi connectivity index (χ4n) is 2.99. The van der Waals surface area contributed by atoms with Crippen LogP contribution in [0.5, 0.6) is 5.75 Å². The molecule has 0 saturated heterocycles. The van der Waals surface area contributed by atoms with Crippen LogP contribution in [0.4, 0.5) is 0 Å². The van der Waals surface area contributed by atoms with Crippen LogP contribution in [0.25, 0.3) is 6.08 Å². The van der Waals surface area contributed by atoms with E-state index in [9.17, 15) is 10.2 Å². The Hall–Kier alpha value is 1.33. The van der Waals surface area contributed by atoms with Crippen molar-refractivity contribution in [3.05, 3.63) is 34.9 Å². The predicted octanol–water partition coefficient (Wildman–Crippen LogP) is 6.51. The number of hydrogen-bond donors (Lipinski definition) is 2. The number of alkyl halides is 9. The first-order chi connectivity index (χ1) is 11.1. The average Bonchev–Trinajstić information content (AvgIpc) is 2.49. The second-order valence-corrected chi connectivity index (χ2v) is 11.4. The highest BCUT2D eigenvalue weighted by molar-refractivity contribution is 6.74. The van der Waals surface area contributed by atoms with Gasteiger partial charge < -0.3 is 10.2 Å². The third-order valence-electron chi connectivity index (χ3n) is 4.40. The number of aromatic hydroxyl groups is 1. The van der Waals surface area contributed by atoms with Crippen molar-refractivity contribution < 1.29 is 10.2 Å². The van der Waals surface area contributed by atoms with Gasteiger partial charge in [0.2, 0.25) is 0 Å². The van der Waals surface area contributed by atoms with Gasteiger partial charge in [-0.05, 0) is 29.3 Å². The van der Waals surface area contributed by atoms with Crippen LogP contribution in [0.3, 0.4) is 0 Å². The fourth-order valence-corrected chi connectivity index (χ4v) is 6.57. The zero-order chi connectivity index (χ0) is 19.2. The van der Waals surface area contributed by atoms with E-state index in [0.29, 0.717) is 11.1 Å². The molecule has 1 saturated carbocycles. The third kappa shape index (κ3) is 2.37. The summed E-state index contributed by atoms with van der Waals surface area (Å²) in [6, 6.07) is 4.32. The Morgan fingerprint density at radius 2 is 1.40 bits per heavy atom. The molecular weight excluding hydrogens is 519 g/mol. The van der Waals surface area contributed by atoms with Gasteiger partial charge in [-0.3, -0.25) is 0 Å². The lowest BCUT2D eigenvalue weighted by molar-refractivity contribution is 0.104. The summed E-state index contributed by atoms with van der Waals surface area (Å²) in [5.41, 5.74) is 0.695. The Morgan fingerprint density at radius 3 is 1.96 bits per heavy atom. The number of phenols is 1. The van der Waals surface area contributed by atoms with Crippen LogP contribution in [-0.4, -0.2) is 33.1 Å². The molecular formula is C14H7Cl9O2. The van der Waals surface area contributed by atoms with Gasteiger partial charge in [0.25, 0.3) is 0 Å². The summed E-state index contributed by atoms with van der Waals surface area (Å²) in [6.45, 7) is 0. The standard InChI is InChI=1S/C14H7Cl9O2/c15-9-7-4-6(24)2-1-5(7)3-8-10(9,16)12(18,19)14(22,23)13(20,21)11(8,17)25/h1-4,9,24-25H. The van der Waals surface area contributed by atoms with Gasteiger partial charge in [0, 0.05) is 5.57 Å². The summed E-state index contributed by atoms with van der Waals surface area (Å²) in [6.07, 6.45) is 1.38. The van der Waals surface area contributed by atoms with Crippen LogP contribution in [0, 0.1) is 0 Å². The molecule has 2 N–H and O–H groups in total. The van der Waals surface area contributed by atoms with Crippen LogP contribution >= 0.6 is 104 Å². The van der Waals surface area contributed by atoms with Crippen molar-refractivity contribution in [3.8, 4) is 5.75 Å². The minimum Gasteiger partial charge on any atom is -0.508 e. The van der Waals surface area contributed by atoms with E-state index in [2.05, 4.69) is 0 Å². The molecule has 2 aliphatic rings. The van der Waals surface area contributed by atoms with Crippen molar-refractivity contribution in [2.45, 2.75) is 28.3 Å². The normalized spacial score (nSPS) is 37.7. The van der Waals surface area contributed by atoms with Gasteiger partial charge in [0.15, 0.2) is 18.1 Å². The van der Waals surface area contributed by atoms with Crippen LogP contribution < -0.4 is 0 Å². The summed E-state index contributed by atoms with van der Waals surface area (Å²) in [5, 5.41) is 16.9. The minimum absolute atomic E-state index is 0.0692. The average molecular weight is 526 g/mol. The molecule has 1 fully saturated rings. The number of halogens is 9. The molecule has 11 heteroatoms. The molecule has 2 aliphatic carbocycles. The van der Waals surface area contributed by atoms with Crippen molar-refractivity contribution in [1.29, 1.82) is 0 Å². The first-order valence-corrected chi connectivity index (χ1v) is 10.0. The Labute approximate surface area is 188 Å². The summed E-state index contributed by atoms with van der Waals surface area (Å²) < 4.78 is -7.19. The highest BCUT2D eigenvalue weighted by Crippen LogP contribution is 2.75. The number of hydrogen-bond acceptors (Lipinski definition) is 2. The maximum atomic E-state index is 10.9. The van der Waals surface area contributed by atoms with Crippen LogP contribution in [0.15, 0.2) is 23.8 Å². The van der Waals surface area contributed by atoms with Crippen molar-refractivity contribution >= 4 is 110 Å². The zero-order valence-electron chi connectivity index (χ0n) is 11.7. The summed E-state index contributed by atoms with van der Waals surface area (Å²) in [7, 11) is 0. The molecule has 0 heterocycles. The van der Waals surface area contributed by atoms with E-state index >= 15 is 0 Å². The first-order valence-electron chi connectivity index (χ1n) is 6.57. The monoisotopic (exact) mass is 522 g/mol. The molecule has 0 aromatic heterocycles. The number of phenolic OH excluding ortho intramolecular Hbond substituents is 1. The highest BCUT2D eigenvalue weighted by atomic mass is 35.5. The molecule has 0 bridgehead atoms. The first kappa shape index (κ1) is 21.0. The van der Waals surface area contributed by atoms with Gasteiger partial charge in [0.05, 0.1) is 5.38 Å². The SMILES string of the molecule is Oc1ccc2c(c1)C(Cl)C1(Cl)C(=C2)C(O)(Cl)C(Cl)(Cl)C(Cl)(Cl)C1(Cl)Cl. The Bertz CT molecular complexity index is 787. The number of aliphatic hydroxyl groups is 1. The van der Waals surface area contributed by atoms with E-state index in [1.54, 1.807) is 0 Å². The molecule has 3 atom stereocenters. The molecule has 0 spiro atoms. The molecule has 3 unspecified atom stereocenters. The van der Waals surface area contributed by atoms with E-state index in [1.807, 2.05) is 0 Å². The molecule has 1 aromatic carbocycles. The number of benzene rings is 1. The van der Waals surface area contributed by atoms with E-state index in [0.717, 1.165) is 0 Å². The maximum absolute atomic E-state index is 10.9. The summed E-state index contributed by atoms with van der Waals surface area (Å²) in [4.78, 5) is -2.01. The number of fused-ring (bicyclic) bond motifs is 2. The maximum Gasteiger partial charge on any atom is 0.200 e. The molecule has 138 valence electrons. The van der Waals surface area contributed by atoms with E-state index in [4.69, 9.17) is 104 Å². The predicted molar refractivity (Wildman–Crippen MR) is 107 cm³/mol. The van der Waals surface area contributed by atoms with Crippen molar-refractivity contribution in [1.82, 2.24) is 0 Å². The Kier molecular flexibility index (Phi) is 4.98. The second-order valence-electron chi connectivity index (χ2n) is 5.79. The molecule has 2 nitrogen and oxygen atoms in total. The molecule has 0 aliphatic heterocycles. The zero-order valence-corrected chi connectivity index (χ0v) is 18.5. The van der Waals surface area contributed by atoms with Gasteiger partial charge >= 0.3 is 0 Å². The quantitative estimate of drug-likeness (QED) is 0.379. The van der Waals surface area contributed by atoms with Gasteiger partial charge in [-0.1, -0.05) is 87.3 Å². The van der Waals surface area contributed by atoms with Gasteiger partial charge in [0.1, 0.15) is 10.6 Å². The van der Waals surface area contributed by atoms with Crippen LogP contribution in [0.2, 0.25) is 0 Å². The van der Waals surface area contributed by atoms with Crippen molar-refractivity contribution in [2.75, 3.05) is 0 Å². The summed E-state index contributed by atoms with van der Waals surface area (Å²) in [5.74, 6) is -0.0692. The van der Waals surface area contributed by atoms with E-state index < -0.39 is 28.3 Å². The van der Waals surface area contributed by atoms with E-state index in [1.165, 1.54) is 24.3 Å². The highest BCUT2D eigenvalue weighted by Gasteiger charge is 2.83. The lowest BCUT2D eigenvalue weighted by atomic mass is 9.71. The molecule has 1 aromatic rings. The van der Waals surface area contributed by atoms with Crippen LogP contribution in [-0.2, 0) is 0 Å². The molecule has 0 amide bonds. The molecule has 25 heavy (non-hydrogen) atoms. The largest absolute Gasteiger partial charge is 0.508 e. The Balaban J connectivity index is 2.42. The van der Waals surface area contributed by atoms with Crippen LogP contribution in [0.1, 0.15) is 16.5 Å². The lowest BCUT2D eigenvalue weighted by Gasteiger charge is -2.61. The van der Waals surface area contributed by atoms with Crippen molar-refractivity contribution in [2.24, 2.45) is 0 Å².